The summed E-state index contributed by atoms with van der Waals surface area (Å²) in [4.78, 5) is 0. The van der Waals surface area contributed by atoms with Crippen LogP contribution in [0.1, 0.15) is 23.6 Å². The highest BCUT2D eigenvalue weighted by atomic mass is 35.5. The summed E-state index contributed by atoms with van der Waals surface area (Å²) >= 11 is 5.61. The maximum Gasteiger partial charge on any atom is 0.417 e. The Kier molecular flexibility index (Phi) is 3.79. The van der Waals surface area contributed by atoms with Gasteiger partial charge in [0.05, 0.1) is 23.1 Å². The molecule has 1 atom stereocenters. The lowest BCUT2D eigenvalue weighted by atomic mass is 10.0. The third-order valence-electron chi connectivity index (χ3n) is 2.04. The van der Waals surface area contributed by atoms with Crippen molar-refractivity contribution < 1.29 is 13.2 Å². The van der Waals surface area contributed by atoms with Crippen molar-refractivity contribution in [1.29, 1.82) is 5.26 Å². The first-order valence-corrected chi connectivity index (χ1v) is 4.74. The second-order valence-electron chi connectivity index (χ2n) is 3.18. The highest BCUT2D eigenvalue weighted by Crippen LogP contribution is 2.37. The summed E-state index contributed by atoms with van der Waals surface area (Å²) in [5.41, 5.74) is 4.75. The Hall–Kier alpha value is -1.25. The predicted molar refractivity (Wildman–Crippen MR) is 53.6 cm³/mol. The quantitative estimate of drug-likeness (QED) is 0.873. The van der Waals surface area contributed by atoms with E-state index < -0.39 is 22.8 Å². The van der Waals surface area contributed by atoms with Gasteiger partial charge in [-0.1, -0.05) is 23.7 Å². The van der Waals surface area contributed by atoms with Gasteiger partial charge in [0.1, 0.15) is 0 Å². The summed E-state index contributed by atoms with van der Waals surface area (Å²) in [5.74, 6) is 0. The fourth-order valence-electron chi connectivity index (χ4n) is 1.26. The standard InChI is InChI=1S/C10H8ClF3N2/c11-9-6(8(16)4-5-15)2-1-3-7(9)10(12,13)14/h1-3,8H,4,16H2/t8-/m1/s1. The van der Waals surface area contributed by atoms with Crippen LogP contribution in [-0.4, -0.2) is 0 Å². The first-order valence-electron chi connectivity index (χ1n) is 4.36. The van der Waals surface area contributed by atoms with Gasteiger partial charge in [0.25, 0.3) is 0 Å². The molecule has 1 aromatic carbocycles. The Bertz CT molecular complexity index is 423. The number of nitrogens with two attached hydrogens (primary N) is 1. The van der Waals surface area contributed by atoms with Gasteiger partial charge in [0.15, 0.2) is 0 Å². The molecule has 0 saturated carbocycles. The van der Waals surface area contributed by atoms with E-state index in [4.69, 9.17) is 22.6 Å². The molecule has 0 aromatic heterocycles. The first-order chi connectivity index (χ1) is 7.38. The van der Waals surface area contributed by atoms with Crippen LogP contribution in [0.15, 0.2) is 18.2 Å². The zero-order chi connectivity index (χ0) is 12.3. The molecule has 0 spiro atoms. The van der Waals surface area contributed by atoms with Gasteiger partial charge in [0, 0.05) is 6.04 Å². The van der Waals surface area contributed by atoms with Crippen molar-refractivity contribution in [2.45, 2.75) is 18.6 Å². The molecule has 0 radical (unpaired) electrons. The molecule has 86 valence electrons. The first kappa shape index (κ1) is 12.8. The molecule has 1 rings (SSSR count). The zero-order valence-electron chi connectivity index (χ0n) is 8.05. The average molecular weight is 249 g/mol. The van der Waals surface area contributed by atoms with Crippen LogP contribution in [0.2, 0.25) is 5.02 Å². The molecule has 2 nitrogen and oxygen atoms in total. The van der Waals surface area contributed by atoms with E-state index in [1.165, 1.54) is 12.1 Å². The maximum absolute atomic E-state index is 12.5. The second-order valence-corrected chi connectivity index (χ2v) is 3.55. The molecule has 0 amide bonds. The number of benzene rings is 1. The van der Waals surface area contributed by atoms with Crippen LogP contribution in [0.4, 0.5) is 13.2 Å². The summed E-state index contributed by atoms with van der Waals surface area (Å²) in [7, 11) is 0. The zero-order valence-corrected chi connectivity index (χ0v) is 8.81. The molecule has 0 aliphatic rings. The van der Waals surface area contributed by atoms with Crippen molar-refractivity contribution in [3.05, 3.63) is 34.3 Å². The molecule has 0 aliphatic carbocycles. The number of alkyl halides is 3. The number of nitriles is 1. The smallest absolute Gasteiger partial charge is 0.323 e. The molecule has 0 heterocycles. The molecule has 6 heteroatoms. The largest absolute Gasteiger partial charge is 0.417 e. The Morgan fingerprint density at radius 2 is 2.06 bits per heavy atom. The molecule has 1 aromatic rings. The monoisotopic (exact) mass is 248 g/mol. The molecule has 0 saturated heterocycles. The lowest BCUT2D eigenvalue weighted by Crippen LogP contribution is -2.13. The number of hydrogen-bond acceptors (Lipinski definition) is 2. The van der Waals surface area contributed by atoms with Crippen molar-refractivity contribution in [1.82, 2.24) is 0 Å². The Labute approximate surface area is 95.4 Å². The summed E-state index contributed by atoms with van der Waals surface area (Å²) in [6.45, 7) is 0. The van der Waals surface area contributed by atoms with Gasteiger partial charge >= 0.3 is 6.18 Å². The third kappa shape index (κ3) is 2.65. The fraction of sp³-hybridized carbons (Fsp3) is 0.300. The molecule has 0 aliphatic heterocycles. The normalized spacial score (nSPS) is 13.2. The van der Waals surface area contributed by atoms with E-state index in [-0.39, 0.29) is 12.0 Å². The van der Waals surface area contributed by atoms with E-state index >= 15 is 0 Å². The van der Waals surface area contributed by atoms with Crippen LogP contribution < -0.4 is 5.73 Å². The second kappa shape index (κ2) is 4.73. The topological polar surface area (TPSA) is 49.8 Å². The minimum Gasteiger partial charge on any atom is -0.323 e. The number of nitrogens with zero attached hydrogens (tertiary/aromatic N) is 1. The van der Waals surface area contributed by atoms with E-state index in [1.54, 1.807) is 6.07 Å². The highest BCUT2D eigenvalue weighted by Gasteiger charge is 2.34. The fourth-order valence-corrected chi connectivity index (χ4v) is 1.64. The molecule has 0 fully saturated rings. The summed E-state index contributed by atoms with van der Waals surface area (Å²) in [6.07, 6.45) is -4.60. The van der Waals surface area contributed by atoms with Gasteiger partial charge in [-0.25, -0.2) is 0 Å². The van der Waals surface area contributed by atoms with Crippen molar-refractivity contribution in [3.63, 3.8) is 0 Å². The van der Waals surface area contributed by atoms with Crippen LogP contribution in [0, 0.1) is 11.3 Å². The minimum atomic E-state index is -4.51. The lowest BCUT2D eigenvalue weighted by molar-refractivity contribution is -0.137. The molecule has 0 unspecified atom stereocenters. The number of halogens is 4. The number of hydrogen-bond donors (Lipinski definition) is 1. The van der Waals surface area contributed by atoms with Gasteiger partial charge in [-0.2, -0.15) is 18.4 Å². The van der Waals surface area contributed by atoms with Crippen LogP contribution in [0.3, 0.4) is 0 Å². The maximum atomic E-state index is 12.5. The van der Waals surface area contributed by atoms with Crippen molar-refractivity contribution >= 4 is 11.6 Å². The van der Waals surface area contributed by atoms with E-state index in [1.807, 2.05) is 0 Å². The summed E-state index contributed by atoms with van der Waals surface area (Å²) < 4.78 is 37.5. The van der Waals surface area contributed by atoms with Crippen LogP contribution in [-0.2, 0) is 6.18 Å². The summed E-state index contributed by atoms with van der Waals surface area (Å²) in [6, 6.07) is 4.47. The van der Waals surface area contributed by atoms with Gasteiger partial charge in [0.2, 0.25) is 0 Å². The van der Waals surface area contributed by atoms with Gasteiger partial charge in [-0.15, -0.1) is 0 Å². The van der Waals surface area contributed by atoms with Gasteiger partial charge in [-0.3, -0.25) is 0 Å². The third-order valence-corrected chi connectivity index (χ3v) is 2.47. The van der Waals surface area contributed by atoms with Gasteiger partial charge < -0.3 is 5.73 Å². The molecule has 16 heavy (non-hydrogen) atoms. The molecular weight excluding hydrogens is 241 g/mol. The van der Waals surface area contributed by atoms with Crippen molar-refractivity contribution in [2.24, 2.45) is 5.73 Å². The Balaban J connectivity index is 3.20. The molecular formula is C10H8ClF3N2. The van der Waals surface area contributed by atoms with Crippen LogP contribution in [0.25, 0.3) is 0 Å². The van der Waals surface area contributed by atoms with E-state index in [0.29, 0.717) is 0 Å². The van der Waals surface area contributed by atoms with Crippen molar-refractivity contribution in [2.75, 3.05) is 0 Å². The van der Waals surface area contributed by atoms with E-state index in [9.17, 15) is 13.2 Å². The SMILES string of the molecule is N#CC[C@@H](N)c1cccc(C(F)(F)F)c1Cl. The predicted octanol–water partition coefficient (Wildman–Crippen LogP) is 3.27. The molecule has 2 N–H and O–H groups in total. The molecule has 0 bridgehead atoms. The van der Waals surface area contributed by atoms with Gasteiger partial charge in [-0.05, 0) is 11.6 Å². The number of rotatable bonds is 2. The highest BCUT2D eigenvalue weighted by molar-refractivity contribution is 6.32. The van der Waals surface area contributed by atoms with Crippen LogP contribution >= 0.6 is 11.6 Å². The minimum absolute atomic E-state index is 0.0823. The lowest BCUT2D eigenvalue weighted by Gasteiger charge is -2.15. The Morgan fingerprint density at radius 1 is 1.44 bits per heavy atom. The van der Waals surface area contributed by atoms with Crippen molar-refractivity contribution in [3.8, 4) is 6.07 Å². The van der Waals surface area contributed by atoms with E-state index in [2.05, 4.69) is 0 Å². The van der Waals surface area contributed by atoms with E-state index in [0.717, 1.165) is 6.07 Å². The average Bonchev–Trinajstić information content (AvgIpc) is 2.16. The Morgan fingerprint density at radius 3 is 2.56 bits per heavy atom. The summed E-state index contributed by atoms with van der Waals surface area (Å²) in [5, 5.41) is 7.99. The van der Waals surface area contributed by atoms with Crippen LogP contribution in [0.5, 0.6) is 0 Å².